The van der Waals surface area contributed by atoms with Crippen LogP contribution in [0.25, 0.3) is 0 Å². The molecule has 4 heteroatoms. The molecule has 156 valence electrons. The molecule has 0 atom stereocenters. The van der Waals surface area contributed by atoms with Gasteiger partial charge in [0.15, 0.2) is 0 Å². The van der Waals surface area contributed by atoms with E-state index in [0.29, 0.717) is 0 Å². The highest BCUT2D eigenvalue weighted by molar-refractivity contribution is 5.10. The van der Waals surface area contributed by atoms with Crippen molar-refractivity contribution < 1.29 is 10.2 Å². The van der Waals surface area contributed by atoms with Crippen LogP contribution >= 0.6 is 0 Å². The molecule has 0 aliphatic carbocycles. The fourth-order valence-corrected chi connectivity index (χ4v) is 3.23. The Morgan fingerprint density at radius 3 is 1.43 bits per heavy atom. The lowest BCUT2D eigenvalue weighted by molar-refractivity contribution is 0.142. The van der Waals surface area contributed by atoms with Crippen LogP contribution < -0.4 is 0 Å². The first-order valence-corrected chi connectivity index (χ1v) is 10.7. The topological polar surface area (TPSA) is 66.2 Å². The molecule has 0 aromatic carbocycles. The molecule has 2 rings (SSSR count). The van der Waals surface area contributed by atoms with Crippen LogP contribution in [0.4, 0.5) is 0 Å². The van der Waals surface area contributed by atoms with E-state index in [4.69, 9.17) is 10.2 Å². The first-order valence-electron chi connectivity index (χ1n) is 10.7. The number of nitrogens with zero attached hydrogens (tertiary/aromatic N) is 2. The van der Waals surface area contributed by atoms with Crippen LogP contribution in [-0.4, -0.2) is 33.4 Å². The first-order chi connectivity index (χ1) is 13.7. The van der Waals surface area contributed by atoms with Gasteiger partial charge in [0.05, 0.1) is 0 Å². The molecule has 0 amide bonds. The summed E-state index contributed by atoms with van der Waals surface area (Å²) in [5.41, 5.74) is 2.68. The van der Waals surface area contributed by atoms with Gasteiger partial charge in [-0.05, 0) is 73.4 Å². The number of hydrogen-bond donors (Lipinski definition) is 2. The van der Waals surface area contributed by atoms with Crippen LogP contribution in [0.3, 0.4) is 0 Å². The average molecular weight is 387 g/mol. The number of pyridine rings is 2. The number of rotatable bonds is 12. The van der Waals surface area contributed by atoms with Crippen molar-refractivity contribution in [2.24, 2.45) is 11.8 Å². The minimum Gasteiger partial charge on any atom is -0.396 e. The molecule has 2 aromatic rings. The van der Waals surface area contributed by atoms with Crippen LogP contribution in [-0.2, 0) is 12.8 Å². The molecule has 2 N–H and O–H groups in total. The monoisotopic (exact) mass is 386 g/mol. The van der Waals surface area contributed by atoms with Crippen molar-refractivity contribution in [2.45, 2.75) is 65.2 Å². The highest BCUT2D eigenvalue weighted by Gasteiger charge is 2.05. The van der Waals surface area contributed by atoms with Gasteiger partial charge in [0, 0.05) is 43.9 Å². The Morgan fingerprint density at radius 2 is 1.07 bits per heavy atom. The van der Waals surface area contributed by atoms with Gasteiger partial charge in [0.1, 0.15) is 0 Å². The Kier molecular flexibility index (Phi) is 14.0. The van der Waals surface area contributed by atoms with E-state index in [1.807, 2.05) is 24.5 Å². The fraction of sp³-hybridized carbons (Fsp3) is 0.583. The summed E-state index contributed by atoms with van der Waals surface area (Å²) in [6, 6.07) is 8.22. The summed E-state index contributed by atoms with van der Waals surface area (Å²) in [5, 5.41) is 17.7. The van der Waals surface area contributed by atoms with Crippen LogP contribution in [0.15, 0.2) is 49.1 Å². The van der Waals surface area contributed by atoms with Gasteiger partial charge < -0.3 is 10.2 Å². The Labute approximate surface area is 171 Å². The van der Waals surface area contributed by atoms with Gasteiger partial charge in [-0.3, -0.25) is 9.97 Å². The highest BCUT2D eigenvalue weighted by Crippen LogP contribution is 2.16. The summed E-state index contributed by atoms with van der Waals surface area (Å²) >= 11 is 0. The number of aryl methyl sites for hydroxylation is 2. The molecular formula is C24H38N2O2. The standard InChI is InChI=1S/C13H21N.C11H17NO2/c1-3-12(4-2)6-5-7-13-8-10-14-11-9-13;13-8-11(9-14)3-1-2-10-4-6-12-7-5-10/h8-12H,3-7H2,1-2H3;4-7,11,13-14H,1-3,8-9H2. The molecule has 0 saturated heterocycles. The predicted molar refractivity (Wildman–Crippen MR) is 116 cm³/mol. The highest BCUT2D eigenvalue weighted by atomic mass is 16.3. The lowest BCUT2D eigenvalue weighted by atomic mass is 9.95. The van der Waals surface area contributed by atoms with Crippen LogP contribution in [0.1, 0.15) is 63.5 Å². The molecule has 0 saturated carbocycles. The van der Waals surface area contributed by atoms with Gasteiger partial charge in [-0.15, -0.1) is 0 Å². The molecule has 0 fully saturated rings. The third-order valence-electron chi connectivity index (χ3n) is 5.33. The van der Waals surface area contributed by atoms with E-state index in [0.717, 1.165) is 25.2 Å². The van der Waals surface area contributed by atoms with E-state index < -0.39 is 0 Å². The van der Waals surface area contributed by atoms with Crippen molar-refractivity contribution in [1.82, 2.24) is 9.97 Å². The second kappa shape index (κ2) is 16.2. The smallest absolute Gasteiger partial charge is 0.0481 e. The molecule has 0 aliphatic rings. The van der Waals surface area contributed by atoms with Gasteiger partial charge in [0.2, 0.25) is 0 Å². The molecule has 0 radical (unpaired) electrons. The molecule has 2 heterocycles. The molecule has 0 spiro atoms. The van der Waals surface area contributed by atoms with E-state index in [1.165, 1.54) is 43.2 Å². The summed E-state index contributed by atoms with van der Waals surface area (Å²) < 4.78 is 0. The third-order valence-corrected chi connectivity index (χ3v) is 5.33. The SMILES string of the molecule is CCC(CC)CCCc1ccncc1.OCC(CO)CCCc1ccncc1. The first kappa shape index (κ1) is 24.3. The van der Waals surface area contributed by atoms with Crippen molar-refractivity contribution in [3.63, 3.8) is 0 Å². The zero-order chi connectivity index (χ0) is 20.5. The maximum absolute atomic E-state index is 8.85. The number of aliphatic hydroxyl groups is 2. The molecular weight excluding hydrogens is 348 g/mol. The Morgan fingerprint density at radius 1 is 0.679 bits per heavy atom. The van der Waals surface area contributed by atoms with E-state index in [9.17, 15) is 0 Å². The summed E-state index contributed by atoms with van der Waals surface area (Å²) in [6.45, 7) is 4.74. The summed E-state index contributed by atoms with van der Waals surface area (Å²) in [6.07, 6.45) is 16.7. The Balaban J connectivity index is 0.000000280. The van der Waals surface area contributed by atoms with Crippen molar-refractivity contribution in [3.8, 4) is 0 Å². The zero-order valence-electron chi connectivity index (χ0n) is 17.6. The summed E-state index contributed by atoms with van der Waals surface area (Å²) in [7, 11) is 0. The molecule has 0 aliphatic heterocycles. The second-order valence-corrected chi connectivity index (χ2v) is 7.41. The molecule has 28 heavy (non-hydrogen) atoms. The van der Waals surface area contributed by atoms with Crippen LogP contribution in [0, 0.1) is 11.8 Å². The lowest BCUT2D eigenvalue weighted by Gasteiger charge is -2.11. The number of aromatic nitrogens is 2. The largest absolute Gasteiger partial charge is 0.396 e. The summed E-state index contributed by atoms with van der Waals surface area (Å²) in [5.74, 6) is 0.966. The van der Waals surface area contributed by atoms with Gasteiger partial charge in [-0.2, -0.15) is 0 Å². The van der Waals surface area contributed by atoms with E-state index in [-0.39, 0.29) is 19.1 Å². The molecule has 0 bridgehead atoms. The zero-order valence-corrected chi connectivity index (χ0v) is 17.6. The fourth-order valence-electron chi connectivity index (χ4n) is 3.23. The van der Waals surface area contributed by atoms with E-state index in [1.54, 1.807) is 12.4 Å². The molecule has 4 nitrogen and oxygen atoms in total. The van der Waals surface area contributed by atoms with E-state index >= 15 is 0 Å². The lowest BCUT2D eigenvalue weighted by Crippen LogP contribution is -2.10. The third kappa shape index (κ3) is 11.2. The van der Waals surface area contributed by atoms with Gasteiger partial charge in [-0.25, -0.2) is 0 Å². The number of hydrogen-bond acceptors (Lipinski definition) is 4. The second-order valence-electron chi connectivity index (χ2n) is 7.41. The molecule has 0 unspecified atom stereocenters. The summed E-state index contributed by atoms with van der Waals surface area (Å²) in [4.78, 5) is 7.96. The maximum atomic E-state index is 8.85. The van der Waals surface area contributed by atoms with E-state index in [2.05, 4.69) is 35.9 Å². The number of aliphatic hydroxyl groups excluding tert-OH is 2. The van der Waals surface area contributed by atoms with Crippen LogP contribution in [0.5, 0.6) is 0 Å². The van der Waals surface area contributed by atoms with Crippen molar-refractivity contribution >= 4 is 0 Å². The van der Waals surface area contributed by atoms with Gasteiger partial charge >= 0.3 is 0 Å². The average Bonchev–Trinajstić information content (AvgIpc) is 2.76. The van der Waals surface area contributed by atoms with Crippen molar-refractivity contribution in [3.05, 3.63) is 60.2 Å². The Hall–Kier alpha value is -1.78. The minimum atomic E-state index is 0.0387. The predicted octanol–water partition coefficient (Wildman–Crippen LogP) is 4.85. The van der Waals surface area contributed by atoms with Gasteiger partial charge in [-0.1, -0.05) is 33.1 Å². The van der Waals surface area contributed by atoms with Crippen molar-refractivity contribution in [2.75, 3.05) is 13.2 Å². The Bertz CT molecular complexity index is 516. The van der Waals surface area contributed by atoms with Crippen LogP contribution in [0.2, 0.25) is 0 Å². The van der Waals surface area contributed by atoms with Gasteiger partial charge in [0.25, 0.3) is 0 Å². The minimum absolute atomic E-state index is 0.0387. The maximum Gasteiger partial charge on any atom is 0.0481 e. The normalized spacial score (nSPS) is 10.8. The molecule has 2 aromatic heterocycles. The quantitative estimate of drug-likeness (QED) is 0.547. The van der Waals surface area contributed by atoms with Crippen molar-refractivity contribution in [1.29, 1.82) is 0 Å².